The summed E-state index contributed by atoms with van der Waals surface area (Å²) in [5.74, 6) is -2.08. The van der Waals surface area contributed by atoms with Gasteiger partial charge in [0.2, 0.25) is 0 Å². The van der Waals surface area contributed by atoms with Crippen LogP contribution in [0.4, 0.5) is 8.78 Å². The Labute approximate surface area is 145 Å². The largest absolute Gasteiger partial charge is 0.478 e. The fraction of sp³-hybridized carbons (Fsp3) is 0.350. The lowest BCUT2D eigenvalue weighted by Gasteiger charge is -2.32. The van der Waals surface area contributed by atoms with Crippen LogP contribution in [0.1, 0.15) is 34.3 Å². The maximum absolute atomic E-state index is 13.8. The molecule has 5 heteroatoms. The summed E-state index contributed by atoms with van der Waals surface area (Å²) < 4.78 is 27.1. The zero-order valence-electron chi connectivity index (χ0n) is 13.9. The number of halogens is 2. The molecule has 0 aliphatic carbocycles. The minimum atomic E-state index is -0.919. The predicted octanol–water partition coefficient (Wildman–Crippen LogP) is 4.12. The zero-order chi connectivity index (χ0) is 17.8. The number of carbonyl (C=O) groups is 1. The second-order valence-electron chi connectivity index (χ2n) is 6.64. The quantitative estimate of drug-likeness (QED) is 0.886. The molecule has 3 nitrogen and oxygen atoms in total. The molecule has 0 saturated carbocycles. The second-order valence-corrected chi connectivity index (χ2v) is 6.64. The molecule has 1 fully saturated rings. The normalized spacial score (nSPS) is 16.1. The van der Waals surface area contributed by atoms with Crippen molar-refractivity contribution in [1.82, 2.24) is 4.90 Å². The number of aromatic carboxylic acids is 1. The van der Waals surface area contributed by atoms with Gasteiger partial charge in [0.1, 0.15) is 0 Å². The van der Waals surface area contributed by atoms with Crippen LogP contribution in [0.2, 0.25) is 0 Å². The molecule has 0 spiro atoms. The number of piperidine rings is 1. The van der Waals surface area contributed by atoms with Gasteiger partial charge in [0.25, 0.3) is 0 Å². The summed E-state index contributed by atoms with van der Waals surface area (Å²) in [7, 11) is 0. The third-order valence-electron chi connectivity index (χ3n) is 4.83. The van der Waals surface area contributed by atoms with Crippen molar-refractivity contribution in [2.24, 2.45) is 5.92 Å². The molecule has 1 N–H and O–H groups in total. The van der Waals surface area contributed by atoms with Crippen molar-refractivity contribution in [2.45, 2.75) is 25.8 Å². The third kappa shape index (κ3) is 4.42. The predicted molar refractivity (Wildman–Crippen MR) is 91.5 cm³/mol. The average Bonchev–Trinajstić information content (AvgIpc) is 2.61. The van der Waals surface area contributed by atoms with Gasteiger partial charge >= 0.3 is 5.97 Å². The van der Waals surface area contributed by atoms with Crippen LogP contribution in [0.3, 0.4) is 0 Å². The lowest BCUT2D eigenvalue weighted by Crippen LogP contribution is -2.34. The first-order chi connectivity index (χ1) is 12.0. The number of hydrogen-bond acceptors (Lipinski definition) is 2. The SMILES string of the molecule is O=C(O)c1cccc(CN2CCC(Cc3cccc(F)c3F)CC2)c1. The molecule has 0 aromatic heterocycles. The first kappa shape index (κ1) is 17.5. The lowest BCUT2D eigenvalue weighted by molar-refractivity contribution is 0.0696. The van der Waals surface area contributed by atoms with Gasteiger partial charge < -0.3 is 5.11 Å². The highest BCUT2D eigenvalue weighted by atomic mass is 19.2. The van der Waals surface area contributed by atoms with Crippen LogP contribution in [-0.2, 0) is 13.0 Å². The average molecular weight is 345 g/mol. The van der Waals surface area contributed by atoms with Crippen LogP contribution in [0.25, 0.3) is 0 Å². The van der Waals surface area contributed by atoms with Crippen molar-refractivity contribution in [3.8, 4) is 0 Å². The Hall–Kier alpha value is -2.27. The number of carboxylic acids is 1. The van der Waals surface area contributed by atoms with E-state index in [0.29, 0.717) is 30.0 Å². The molecule has 2 aromatic carbocycles. The van der Waals surface area contributed by atoms with E-state index in [-0.39, 0.29) is 0 Å². The second kappa shape index (κ2) is 7.74. The van der Waals surface area contributed by atoms with Gasteiger partial charge in [0.05, 0.1) is 5.56 Å². The van der Waals surface area contributed by atoms with Crippen LogP contribution in [0.5, 0.6) is 0 Å². The molecular weight excluding hydrogens is 324 g/mol. The van der Waals surface area contributed by atoms with Crippen molar-refractivity contribution >= 4 is 5.97 Å². The Kier molecular flexibility index (Phi) is 5.43. The fourth-order valence-electron chi connectivity index (χ4n) is 3.43. The van der Waals surface area contributed by atoms with Crippen LogP contribution >= 0.6 is 0 Å². The monoisotopic (exact) mass is 345 g/mol. The molecule has 0 amide bonds. The molecule has 0 bridgehead atoms. The van der Waals surface area contributed by atoms with Gasteiger partial charge in [0, 0.05) is 6.54 Å². The maximum atomic E-state index is 13.8. The van der Waals surface area contributed by atoms with E-state index in [1.807, 2.05) is 6.07 Å². The van der Waals surface area contributed by atoms with Crippen LogP contribution in [0, 0.1) is 17.6 Å². The summed E-state index contributed by atoms with van der Waals surface area (Å²) in [5, 5.41) is 9.06. The van der Waals surface area contributed by atoms with Gasteiger partial charge in [-0.1, -0.05) is 24.3 Å². The summed E-state index contributed by atoms with van der Waals surface area (Å²) in [4.78, 5) is 13.3. The highest BCUT2D eigenvalue weighted by molar-refractivity contribution is 5.87. The Morgan fingerprint density at radius 2 is 1.84 bits per heavy atom. The van der Waals surface area contributed by atoms with Crippen molar-refractivity contribution in [2.75, 3.05) is 13.1 Å². The van der Waals surface area contributed by atoms with Crippen LogP contribution < -0.4 is 0 Å². The smallest absolute Gasteiger partial charge is 0.335 e. The molecule has 1 aliphatic rings. The molecule has 132 valence electrons. The molecule has 0 radical (unpaired) electrons. The number of hydrogen-bond donors (Lipinski definition) is 1. The fourth-order valence-corrected chi connectivity index (χ4v) is 3.43. The standard InChI is InChI=1S/C20H21F2NO2/c21-18-6-2-4-16(19(18)22)11-14-7-9-23(10-8-14)13-15-3-1-5-17(12-15)20(24)25/h1-6,12,14H,7-11,13H2,(H,24,25). The summed E-state index contributed by atoms with van der Waals surface area (Å²) in [6, 6.07) is 11.3. The van der Waals surface area contributed by atoms with E-state index in [2.05, 4.69) is 4.90 Å². The van der Waals surface area contributed by atoms with Gasteiger partial charge in [0.15, 0.2) is 11.6 Å². The third-order valence-corrected chi connectivity index (χ3v) is 4.83. The van der Waals surface area contributed by atoms with E-state index >= 15 is 0 Å². The van der Waals surface area contributed by atoms with E-state index < -0.39 is 17.6 Å². The van der Waals surface area contributed by atoms with Gasteiger partial charge in [-0.15, -0.1) is 0 Å². The Morgan fingerprint density at radius 1 is 1.12 bits per heavy atom. The van der Waals surface area contributed by atoms with E-state index in [1.165, 1.54) is 0 Å². The molecule has 25 heavy (non-hydrogen) atoms. The molecule has 3 rings (SSSR count). The van der Waals surface area contributed by atoms with Crippen LogP contribution in [0.15, 0.2) is 42.5 Å². The summed E-state index contributed by atoms with van der Waals surface area (Å²) >= 11 is 0. The van der Waals surface area contributed by atoms with Crippen LogP contribution in [-0.4, -0.2) is 29.1 Å². The number of rotatable bonds is 5. The zero-order valence-corrected chi connectivity index (χ0v) is 13.9. The molecule has 1 heterocycles. The number of benzene rings is 2. The van der Waals surface area contributed by atoms with E-state index in [0.717, 1.165) is 37.6 Å². The molecular formula is C20H21F2NO2. The molecule has 0 unspecified atom stereocenters. The van der Waals surface area contributed by atoms with Gasteiger partial charge in [-0.25, -0.2) is 13.6 Å². The maximum Gasteiger partial charge on any atom is 0.335 e. The van der Waals surface area contributed by atoms with E-state index in [4.69, 9.17) is 5.11 Å². The lowest BCUT2D eigenvalue weighted by atomic mass is 9.89. The molecule has 2 aromatic rings. The van der Waals surface area contributed by atoms with Crippen molar-refractivity contribution in [1.29, 1.82) is 0 Å². The highest BCUT2D eigenvalue weighted by Gasteiger charge is 2.21. The molecule has 1 aliphatic heterocycles. The summed E-state index contributed by atoms with van der Waals surface area (Å²) in [5.41, 5.74) is 1.73. The summed E-state index contributed by atoms with van der Waals surface area (Å²) in [6.07, 6.45) is 2.41. The minimum Gasteiger partial charge on any atom is -0.478 e. The van der Waals surface area contributed by atoms with Gasteiger partial charge in [-0.2, -0.15) is 0 Å². The first-order valence-corrected chi connectivity index (χ1v) is 8.50. The van der Waals surface area contributed by atoms with Crippen molar-refractivity contribution < 1.29 is 18.7 Å². The topological polar surface area (TPSA) is 40.5 Å². The number of nitrogens with zero attached hydrogens (tertiary/aromatic N) is 1. The van der Waals surface area contributed by atoms with Gasteiger partial charge in [-0.05, 0) is 67.6 Å². The Morgan fingerprint density at radius 3 is 2.56 bits per heavy atom. The van der Waals surface area contributed by atoms with Crippen molar-refractivity contribution in [3.05, 3.63) is 70.8 Å². The number of likely N-dealkylation sites (tertiary alicyclic amines) is 1. The summed E-state index contributed by atoms with van der Waals surface area (Å²) in [6.45, 7) is 2.46. The number of carboxylic acid groups (broad SMARTS) is 1. The minimum absolute atomic E-state index is 0.300. The van der Waals surface area contributed by atoms with Gasteiger partial charge in [-0.3, -0.25) is 4.90 Å². The molecule has 0 atom stereocenters. The molecule has 1 saturated heterocycles. The van der Waals surface area contributed by atoms with Crippen molar-refractivity contribution in [3.63, 3.8) is 0 Å². The Balaban J connectivity index is 1.54. The van der Waals surface area contributed by atoms with E-state index in [9.17, 15) is 13.6 Å². The Bertz CT molecular complexity index is 755. The van der Waals surface area contributed by atoms with E-state index in [1.54, 1.807) is 30.3 Å². The highest BCUT2D eigenvalue weighted by Crippen LogP contribution is 2.24. The first-order valence-electron chi connectivity index (χ1n) is 8.50.